The molecule has 0 amide bonds. The first-order valence-corrected chi connectivity index (χ1v) is 7.53. The maximum Gasteiger partial charge on any atom is 0.470 e. The van der Waals surface area contributed by atoms with Gasteiger partial charge in [0.15, 0.2) is 24.4 Å². The smallest absolute Gasteiger partial charge is 0.456 e. The van der Waals surface area contributed by atoms with Crippen molar-refractivity contribution in [3.05, 3.63) is 11.8 Å². The zero-order chi connectivity index (χ0) is 20.4. The van der Waals surface area contributed by atoms with Gasteiger partial charge in [-0.15, -0.1) is 10.2 Å². The first kappa shape index (κ1) is 20.6. The summed E-state index contributed by atoms with van der Waals surface area (Å²) in [6, 6.07) is 0. The number of carbonyl (C=O) groups is 3. The predicted octanol–water partition coefficient (Wildman–Crippen LogP) is 0.955. The van der Waals surface area contributed by atoms with Crippen LogP contribution in [0, 0.1) is 0 Å². The summed E-state index contributed by atoms with van der Waals surface area (Å²) in [7, 11) is 0. The van der Waals surface area contributed by atoms with Gasteiger partial charge < -0.3 is 23.4 Å². The van der Waals surface area contributed by atoms with Gasteiger partial charge in [-0.1, -0.05) is 0 Å². The van der Waals surface area contributed by atoms with Gasteiger partial charge in [0.05, 0.1) is 6.61 Å². The maximum absolute atomic E-state index is 12.7. The molecule has 0 unspecified atom stereocenters. The van der Waals surface area contributed by atoms with Crippen molar-refractivity contribution in [2.45, 2.75) is 51.4 Å². The van der Waals surface area contributed by atoms with Crippen molar-refractivity contribution in [3.8, 4) is 0 Å². The number of hydrogen-bond acceptors (Lipinski definition) is 10. The molecule has 150 valence electrons. The van der Waals surface area contributed by atoms with Crippen molar-refractivity contribution in [1.29, 1.82) is 0 Å². The number of rotatable bonds is 4. The fourth-order valence-corrected chi connectivity index (χ4v) is 2.42. The summed E-state index contributed by atoms with van der Waals surface area (Å²) in [6.45, 7) is 2.77. The molecule has 4 atom stereocenters. The fourth-order valence-electron chi connectivity index (χ4n) is 2.42. The predicted molar refractivity (Wildman–Crippen MR) is 74.7 cm³/mol. The second kappa shape index (κ2) is 7.90. The Labute approximate surface area is 149 Å². The molecule has 1 aromatic rings. The molecule has 13 heteroatoms. The van der Waals surface area contributed by atoms with Gasteiger partial charge in [-0.3, -0.25) is 14.4 Å². The summed E-state index contributed by atoms with van der Waals surface area (Å²) >= 11 is 0. The van der Waals surface area contributed by atoms with E-state index >= 15 is 0 Å². The van der Waals surface area contributed by atoms with Crippen LogP contribution in [-0.4, -0.2) is 53.0 Å². The van der Waals surface area contributed by atoms with Crippen LogP contribution < -0.4 is 0 Å². The van der Waals surface area contributed by atoms with Crippen LogP contribution in [0.5, 0.6) is 0 Å². The minimum atomic E-state index is -4.90. The molecule has 1 saturated heterocycles. The van der Waals surface area contributed by atoms with Crippen LogP contribution >= 0.6 is 0 Å². The Kier molecular flexibility index (Phi) is 6.03. The molecule has 0 aromatic carbocycles. The molecular formula is C14H15F3N2O8. The van der Waals surface area contributed by atoms with E-state index in [1.165, 1.54) is 0 Å². The van der Waals surface area contributed by atoms with E-state index in [9.17, 15) is 27.6 Å². The lowest BCUT2D eigenvalue weighted by molar-refractivity contribution is -0.230. The van der Waals surface area contributed by atoms with Gasteiger partial charge in [0, 0.05) is 20.8 Å². The van der Waals surface area contributed by atoms with Crippen molar-refractivity contribution >= 4 is 17.9 Å². The highest BCUT2D eigenvalue weighted by atomic mass is 19.4. The topological polar surface area (TPSA) is 127 Å². The third kappa shape index (κ3) is 5.15. The lowest BCUT2D eigenvalue weighted by Crippen LogP contribution is -2.54. The van der Waals surface area contributed by atoms with Crippen molar-refractivity contribution in [3.63, 3.8) is 0 Å². The van der Waals surface area contributed by atoms with E-state index in [0.717, 1.165) is 20.8 Å². The largest absolute Gasteiger partial charge is 0.470 e. The molecule has 0 spiro atoms. The molecule has 2 heterocycles. The second-order valence-corrected chi connectivity index (χ2v) is 5.49. The van der Waals surface area contributed by atoms with Crippen LogP contribution in [0.15, 0.2) is 4.42 Å². The molecule has 27 heavy (non-hydrogen) atoms. The minimum Gasteiger partial charge on any atom is -0.456 e. The number of carbonyl (C=O) groups excluding carboxylic acids is 3. The highest BCUT2D eigenvalue weighted by Gasteiger charge is 2.50. The number of esters is 3. The summed E-state index contributed by atoms with van der Waals surface area (Å²) in [5.74, 6) is -4.68. The molecule has 0 aliphatic carbocycles. The third-order valence-electron chi connectivity index (χ3n) is 3.28. The highest BCUT2D eigenvalue weighted by molar-refractivity contribution is 5.68. The average Bonchev–Trinajstić information content (AvgIpc) is 2.99. The van der Waals surface area contributed by atoms with Crippen LogP contribution in [0.1, 0.15) is 38.7 Å². The number of halogens is 3. The van der Waals surface area contributed by atoms with E-state index < -0.39 is 60.3 Å². The molecule has 0 saturated carbocycles. The first-order chi connectivity index (χ1) is 12.5. The molecule has 0 N–H and O–H groups in total. The van der Waals surface area contributed by atoms with Crippen LogP contribution in [0.25, 0.3) is 0 Å². The quantitative estimate of drug-likeness (QED) is 0.536. The highest BCUT2D eigenvalue weighted by Crippen LogP contribution is 2.36. The number of nitrogens with zero attached hydrogens (tertiary/aromatic N) is 2. The van der Waals surface area contributed by atoms with E-state index in [1.54, 1.807) is 0 Å². The van der Waals surface area contributed by atoms with Crippen LogP contribution in [0.2, 0.25) is 0 Å². The Bertz CT molecular complexity index is 719. The van der Waals surface area contributed by atoms with E-state index in [1.807, 2.05) is 0 Å². The maximum atomic E-state index is 12.7. The molecule has 1 aromatic heterocycles. The Morgan fingerprint density at radius 3 is 2.00 bits per heavy atom. The zero-order valence-electron chi connectivity index (χ0n) is 14.3. The number of ether oxygens (including phenoxy) is 4. The second-order valence-electron chi connectivity index (χ2n) is 5.49. The molecule has 1 fully saturated rings. The zero-order valence-corrected chi connectivity index (χ0v) is 14.3. The fraction of sp³-hybridized carbons (Fsp3) is 0.643. The lowest BCUT2D eigenvalue weighted by Gasteiger charge is -2.39. The molecule has 10 nitrogen and oxygen atoms in total. The van der Waals surface area contributed by atoms with Crippen molar-refractivity contribution in [1.82, 2.24) is 10.2 Å². The third-order valence-corrected chi connectivity index (χ3v) is 3.28. The van der Waals surface area contributed by atoms with Gasteiger partial charge >= 0.3 is 30.0 Å². The van der Waals surface area contributed by atoms with Crippen molar-refractivity contribution < 1.29 is 50.9 Å². The van der Waals surface area contributed by atoms with Crippen LogP contribution in [0.3, 0.4) is 0 Å². The van der Waals surface area contributed by atoms with Gasteiger partial charge in [-0.05, 0) is 0 Å². The molecule has 1 aliphatic heterocycles. The molecule has 1 aliphatic rings. The number of aromatic nitrogens is 2. The Morgan fingerprint density at radius 1 is 0.963 bits per heavy atom. The normalized spacial score (nSPS) is 25.6. The van der Waals surface area contributed by atoms with Crippen molar-refractivity contribution in [2.75, 3.05) is 6.61 Å². The molecule has 0 radical (unpaired) electrons. The van der Waals surface area contributed by atoms with E-state index in [2.05, 4.69) is 14.6 Å². The summed E-state index contributed by atoms with van der Waals surface area (Å²) in [4.78, 5) is 34.1. The SMILES string of the molecule is CC(=O)O[C@@H]1[C@@H](OC(C)=O)[C@H](c2nnc(C(F)(F)F)o2)OC[C@H]1OC(C)=O. The van der Waals surface area contributed by atoms with E-state index in [0.29, 0.717) is 0 Å². The number of alkyl halides is 3. The minimum absolute atomic E-state index is 0.385. The van der Waals surface area contributed by atoms with Crippen LogP contribution in [0.4, 0.5) is 13.2 Å². The standard InChI is InChI=1S/C14H15F3N2O8/c1-5(20)24-8-4-23-11(12-18-19-13(27-12)14(15,16)17)10(26-7(3)22)9(8)25-6(2)21/h8-11H,4H2,1-3H3/t8-,9+,10-,11-/m1/s1. The van der Waals surface area contributed by atoms with Gasteiger partial charge in [0.1, 0.15) is 0 Å². The van der Waals surface area contributed by atoms with Gasteiger partial charge in [0.25, 0.3) is 0 Å². The summed E-state index contributed by atoms with van der Waals surface area (Å²) < 4.78 is 63.0. The van der Waals surface area contributed by atoms with Gasteiger partial charge in [-0.25, -0.2) is 0 Å². The Morgan fingerprint density at radius 2 is 1.52 bits per heavy atom. The van der Waals surface area contributed by atoms with Crippen LogP contribution in [-0.2, 0) is 39.5 Å². The summed E-state index contributed by atoms with van der Waals surface area (Å²) in [5.41, 5.74) is 0. The monoisotopic (exact) mass is 396 g/mol. The van der Waals surface area contributed by atoms with Crippen molar-refractivity contribution in [2.24, 2.45) is 0 Å². The molecular weight excluding hydrogens is 381 g/mol. The van der Waals surface area contributed by atoms with E-state index in [4.69, 9.17) is 18.9 Å². The summed E-state index contributed by atoms with van der Waals surface area (Å²) in [5, 5.41) is 6.14. The molecule has 0 bridgehead atoms. The van der Waals surface area contributed by atoms with Gasteiger partial charge in [0.2, 0.25) is 5.89 Å². The lowest BCUT2D eigenvalue weighted by atomic mass is 9.99. The first-order valence-electron chi connectivity index (χ1n) is 7.53. The average molecular weight is 396 g/mol. The number of hydrogen-bond donors (Lipinski definition) is 0. The Hall–Kier alpha value is -2.70. The summed E-state index contributed by atoms with van der Waals surface area (Å²) in [6.07, 6.45) is -10.4. The molecule has 2 rings (SSSR count). The van der Waals surface area contributed by atoms with Gasteiger partial charge in [-0.2, -0.15) is 13.2 Å². The Balaban J connectivity index is 2.38. The van der Waals surface area contributed by atoms with E-state index in [-0.39, 0.29) is 6.61 Å².